The van der Waals surface area contributed by atoms with E-state index in [9.17, 15) is 9.18 Å². The minimum absolute atomic E-state index is 0.113. The summed E-state index contributed by atoms with van der Waals surface area (Å²) in [6.07, 6.45) is 0.343. The number of halogens is 1. The van der Waals surface area contributed by atoms with Crippen molar-refractivity contribution in [2.75, 3.05) is 18.2 Å². The number of carbonyl (C=O) groups is 1. The molecule has 0 unspecified atom stereocenters. The van der Waals surface area contributed by atoms with E-state index in [0.717, 1.165) is 20.2 Å². The first-order chi connectivity index (χ1) is 13.6. The third-order valence-electron chi connectivity index (χ3n) is 3.59. The number of anilines is 1. The van der Waals surface area contributed by atoms with Crippen molar-refractivity contribution in [2.45, 2.75) is 20.9 Å². The van der Waals surface area contributed by atoms with E-state index in [1.165, 1.54) is 52.9 Å². The van der Waals surface area contributed by atoms with Crippen LogP contribution in [0.1, 0.15) is 12.0 Å². The van der Waals surface area contributed by atoms with Gasteiger partial charge in [-0.15, -0.1) is 10.2 Å². The largest absolute Gasteiger partial charge is 0.497 e. The van der Waals surface area contributed by atoms with Gasteiger partial charge in [0.05, 0.1) is 7.11 Å². The first-order valence-electron chi connectivity index (χ1n) is 8.40. The van der Waals surface area contributed by atoms with E-state index in [1.54, 1.807) is 18.9 Å². The van der Waals surface area contributed by atoms with Gasteiger partial charge in [0.1, 0.15) is 11.6 Å². The molecule has 5 nitrogen and oxygen atoms in total. The van der Waals surface area contributed by atoms with Crippen LogP contribution < -0.4 is 10.1 Å². The molecule has 146 valence electrons. The standard InChI is InChI=1S/C19H18FN3O2S3/c1-25-16-8-2-13(3-9-16)12-27-19-23-22-18(28-19)26-11-10-17(24)21-15-6-4-14(20)5-7-15/h2-9H,10-12H2,1H3,(H,21,24). The average molecular weight is 436 g/mol. The molecule has 0 spiro atoms. The van der Waals surface area contributed by atoms with E-state index >= 15 is 0 Å². The molecule has 0 fully saturated rings. The summed E-state index contributed by atoms with van der Waals surface area (Å²) in [6.45, 7) is 0. The number of hydrogen-bond acceptors (Lipinski definition) is 7. The number of rotatable bonds is 9. The number of aromatic nitrogens is 2. The molecule has 0 aliphatic rings. The minimum Gasteiger partial charge on any atom is -0.497 e. The van der Waals surface area contributed by atoms with Gasteiger partial charge in [-0.1, -0.05) is 47.0 Å². The molecule has 0 radical (unpaired) electrons. The average Bonchev–Trinajstić information content (AvgIpc) is 3.16. The van der Waals surface area contributed by atoms with Crippen LogP contribution in [0.15, 0.2) is 57.2 Å². The Morgan fingerprint density at radius 3 is 2.43 bits per heavy atom. The third-order valence-corrected chi connectivity index (χ3v) is 6.85. The van der Waals surface area contributed by atoms with E-state index < -0.39 is 0 Å². The summed E-state index contributed by atoms with van der Waals surface area (Å²) >= 11 is 4.66. The zero-order valence-corrected chi connectivity index (χ0v) is 17.5. The molecule has 0 saturated heterocycles. The Balaban J connectivity index is 1.39. The fourth-order valence-corrected chi connectivity index (χ4v) is 5.15. The number of methoxy groups -OCH3 is 1. The van der Waals surface area contributed by atoms with E-state index in [-0.39, 0.29) is 11.7 Å². The quantitative estimate of drug-likeness (QED) is 0.472. The van der Waals surface area contributed by atoms with Gasteiger partial charge in [0.15, 0.2) is 8.68 Å². The Hall–Kier alpha value is -2.10. The molecule has 1 heterocycles. The minimum atomic E-state index is -0.328. The van der Waals surface area contributed by atoms with Crippen molar-refractivity contribution >= 4 is 46.5 Å². The number of benzene rings is 2. The second-order valence-electron chi connectivity index (χ2n) is 5.62. The van der Waals surface area contributed by atoms with Gasteiger partial charge in [-0.05, 0) is 42.0 Å². The maximum atomic E-state index is 12.9. The first-order valence-corrected chi connectivity index (χ1v) is 11.2. The lowest BCUT2D eigenvalue weighted by molar-refractivity contribution is -0.115. The number of ether oxygens (including phenoxy) is 1. The maximum absolute atomic E-state index is 12.9. The van der Waals surface area contributed by atoms with Gasteiger partial charge in [0.25, 0.3) is 0 Å². The molecule has 0 aliphatic carbocycles. The summed E-state index contributed by atoms with van der Waals surface area (Å²) in [7, 11) is 1.65. The van der Waals surface area contributed by atoms with E-state index in [1.807, 2.05) is 24.3 Å². The lowest BCUT2D eigenvalue weighted by Crippen LogP contribution is -2.12. The molecule has 1 aromatic heterocycles. The predicted molar refractivity (Wildman–Crippen MR) is 113 cm³/mol. The zero-order chi connectivity index (χ0) is 19.8. The summed E-state index contributed by atoms with van der Waals surface area (Å²) in [5.41, 5.74) is 1.78. The van der Waals surface area contributed by atoms with E-state index in [2.05, 4.69) is 15.5 Å². The molecule has 2 aromatic carbocycles. The number of carbonyl (C=O) groups excluding carboxylic acids is 1. The topological polar surface area (TPSA) is 64.1 Å². The molecule has 0 bridgehead atoms. The van der Waals surface area contributed by atoms with Crippen LogP contribution in [0.25, 0.3) is 0 Å². The molecule has 0 saturated carbocycles. The summed E-state index contributed by atoms with van der Waals surface area (Å²) < 4.78 is 19.8. The monoisotopic (exact) mass is 435 g/mol. The fourth-order valence-electron chi connectivity index (χ4n) is 2.17. The summed E-state index contributed by atoms with van der Waals surface area (Å²) in [4.78, 5) is 11.9. The van der Waals surface area contributed by atoms with Crippen LogP contribution in [-0.4, -0.2) is 29.0 Å². The molecular weight excluding hydrogens is 417 g/mol. The lowest BCUT2D eigenvalue weighted by Gasteiger charge is -2.04. The lowest BCUT2D eigenvalue weighted by atomic mass is 10.2. The van der Waals surface area contributed by atoms with E-state index in [0.29, 0.717) is 17.9 Å². The third kappa shape index (κ3) is 6.50. The zero-order valence-electron chi connectivity index (χ0n) is 15.1. The van der Waals surface area contributed by atoms with E-state index in [4.69, 9.17) is 4.74 Å². The highest BCUT2D eigenvalue weighted by Crippen LogP contribution is 2.31. The predicted octanol–water partition coefficient (Wildman–Crippen LogP) is 5.10. The van der Waals surface area contributed by atoms with Crippen molar-refractivity contribution in [3.8, 4) is 5.75 Å². The Bertz CT molecular complexity index is 902. The van der Waals surface area contributed by atoms with Crippen molar-refractivity contribution in [1.82, 2.24) is 10.2 Å². The van der Waals surface area contributed by atoms with Gasteiger partial charge in [0, 0.05) is 23.6 Å². The highest BCUT2D eigenvalue weighted by Gasteiger charge is 2.08. The maximum Gasteiger partial charge on any atom is 0.225 e. The summed E-state index contributed by atoms with van der Waals surface area (Å²) in [5, 5.41) is 11.1. The molecule has 9 heteroatoms. The molecular formula is C19H18FN3O2S3. The molecule has 0 atom stereocenters. The number of thioether (sulfide) groups is 2. The number of amides is 1. The molecule has 3 rings (SSSR count). The highest BCUT2D eigenvalue weighted by molar-refractivity contribution is 8.02. The van der Waals surface area contributed by atoms with Crippen LogP contribution in [0.4, 0.5) is 10.1 Å². The van der Waals surface area contributed by atoms with Crippen LogP contribution in [0, 0.1) is 5.82 Å². The molecule has 0 aliphatic heterocycles. The van der Waals surface area contributed by atoms with Gasteiger partial charge >= 0.3 is 0 Å². The van der Waals surface area contributed by atoms with Crippen LogP contribution in [-0.2, 0) is 10.5 Å². The molecule has 1 N–H and O–H groups in total. The van der Waals surface area contributed by atoms with Crippen molar-refractivity contribution in [3.63, 3.8) is 0 Å². The molecule has 1 amide bonds. The summed E-state index contributed by atoms with van der Waals surface area (Å²) in [6, 6.07) is 13.6. The van der Waals surface area contributed by atoms with Gasteiger partial charge in [-0.2, -0.15) is 0 Å². The van der Waals surface area contributed by atoms with Gasteiger partial charge in [0.2, 0.25) is 5.91 Å². The summed E-state index contributed by atoms with van der Waals surface area (Å²) in [5.74, 6) is 1.81. The highest BCUT2D eigenvalue weighted by atomic mass is 32.2. The van der Waals surface area contributed by atoms with Gasteiger partial charge < -0.3 is 10.1 Å². The fraction of sp³-hybridized carbons (Fsp3) is 0.211. The smallest absolute Gasteiger partial charge is 0.225 e. The number of nitrogens with zero attached hydrogens (tertiary/aromatic N) is 2. The second-order valence-corrected chi connectivity index (χ2v) is 9.17. The Labute approximate surface area is 175 Å². The molecule has 28 heavy (non-hydrogen) atoms. The van der Waals surface area contributed by atoms with Gasteiger partial charge in [-0.25, -0.2) is 4.39 Å². The van der Waals surface area contributed by atoms with Crippen molar-refractivity contribution in [2.24, 2.45) is 0 Å². The number of nitrogens with one attached hydrogen (secondary N) is 1. The van der Waals surface area contributed by atoms with Crippen LogP contribution in [0.5, 0.6) is 5.75 Å². The van der Waals surface area contributed by atoms with Gasteiger partial charge in [-0.3, -0.25) is 4.79 Å². The Morgan fingerprint density at radius 1 is 1.07 bits per heavy atom. The second kappa shape index (κ2) is 10.4. The van der Waals surface area contributed by atoms with Crippen LogP contribution in [0.3, 0.4) is 0 Å². The molecule has 3 aromatic rings. The van der Waals surface area contributed by atoms with Crippen LogP contribution >= 0.6 is 34.9 Å². The van der Waals surface area contributed by atoms with Crippen molar-refractivity contribution < 1.29 is 13.9 Å². The van der Waals surface area contributed by atoms with Crippen LogP contribution in [0.2, 0.25) is 0 Å². The number of hydrogen-bond donors (Lipinski definition) is 1. The Morgan fingerprint density at radius 2 is 1.75 bits per heavy atom. The normalized spacial score (nSPS) is 10.6. The Kier molecular flexibility index (Phi) is 7.70. The SMILES string of the molecule is COc1ccc(CSc2nnc(SCCC(=O)Nc3ccc(F)cc3)s2)cc1. The first kappa shape index (κ1) is 20.6. The van der Waals surface area contributed by atoms with Crippen molar-refractivity contribution in [1.29, 1.82) is 0 Å². The van der Waals surface area contributed by atoms with Crippen molar-refractivity contribution in [3.05, 3.63) is 59.9 Å².